The van der Waals surface area contributed by atoms with E-state index in [9.17, 15) is 0 Å². The van der Waals surface area contributed by atoms with Crippen molar-refractivity contribution >= 4 is 11.3 Å². The van der Waals surface area contributed by atoms with Crippen molar-refractivity contribution in [1.29, 1.82) is 0 Å². The molecule has 1 heterocycles. The molecular weight excluding hydrogens is 228 g/mol. The van der Waals surface area contributed by atoms with Crippen LogP contribution in [0.1, 0.15) is 37.6 Å². The molecule has 0 bridgehead atoms. The second-order valence-electron chi connectivity index (χ2n) is 4.13. The molecule has 1 aromatic heterocycles. The standard InChI is InChI=1S/C14H22N2S/c1-4-12(3)16(5-2)10-14-9-13(11-17-14)7-6-8-15/h9,11-12H,4-5,8,10,15H2,1-3H3. The van der Waals surface area contributed by atoms with Gasteiger partial charge in [-0.3, -0.25) is 4.90 Å². The zero-order chi connectivity index (χ0) is 12.7. The number of nitrogens with zero attached hydrogens (tertiary/aromatic N) is 1. The van der Waals surface area contributed by atoms with E-state index in [2.05, 4.69) is 49.0 Å². The van der Waals surface area contributed by atoms with E-state index >= 15 is 0 Å². The molecule has 0 amide bonds. The van der Waals surface area contributed by atoms with Gasteiger partial charge in [0, 0.05) is 28.4 Å². The summed E-state index contributed by atoms with van der Waals surface area (Å²) in [5.41, 5.74) is 6.46. The predicted molar refractivity (Wildman–Crippen MR) is 76.1 cm³/mol. The third kappa shape index (κ3) is 4.51. The molecule has 1 aromatic rings. The smallest absolute Gasteiger partial charge is 0.0555 e. The normalized spacial score (nSPS) is 12.3. The molecule has 2 N–H and O–H groups in total. The third-order valence-electron chi connectivity index (χ3n) is 2.97. The Labute approximate surface area is 109 Å². The van der Waals surface area contributed by atoms with Gasteiger partial charge >= 0.3 is 0 Å². The van der Waals surface area contributed by atoms with E-state index in [1.54, 1.807) is 11.3 Å². The van der Waals surface area contributed by atoms with E-state index in [0.29, 0.717) is 12.6 Å². The minimum Gasteiger partial charge on any atom is -0.320 e. The van der Waals surface area contributed by atoms with Crippen LogP contribution in [0.4, 0.5) is 0 Å². The van der Waals surface area contributed by atoms with Crippen LogP contribution in [0, 0.1) is 11.8 Å². The van der Waals surface area contributed by atoms with Gasteiger partial charge in [-0.05, 0) is 26.0 Å². The molecule has 0 aliphatic heterocycles. The molecule has 0 fully saturated rings. The molecule has 0 aliphatic carbocycles. The Bertz CT molecular complexity index is 386. The second-order valence-corrected chi connectivity index (χ2v) is 5.12. The van der Waals surface area contributed by atoms with Crippen molar-refractivity contribution in [1.82, 2.24) is 4.90 Å². The van der Waals surface area contributed by atoms with E-state index in [0.717, 1.165) is 18.7 Å². The summed E-state index contributed by atoms with van der Waals surface area (Å²) in [6.45, 7) is 9.29. The highest BCUT2D eigenvalue weighted by Crippen LogP contribution is 2.18. The van der Waals surface area contributed by atoms with Gasteiger partial charge in [0.2, 0.25) is 0 Å². The van der Waals surface area contributed by atoms with Gasteiger partial charge in [0.15, 0.2) is 0 Å². The highest BCUT2D eigenvalue weighted by Gasteiger charge is 2.11. The summed E-state index contributed by atoms with van der Waals surface area (Å²) < 4.78 is 0. The van der Waals surface area contributed by atoms with Crippen LogP contribution in [0.25, 0.3) is 0 Å². The first-order valence-corrected chi connectivity index (χ1v) is 7.09. The quantitative estimate of drug-likeness (QED) is 0.814. The molecule has 2 nitrogen and oxygen atoms in total. The van der Waals surface area contributed by atoms with Crippen LogP contribution in [0.3, 0.4) is 0 Å². The lowest BCUT2D eigenvalue weighted by atomic mass is 10.2. The lowest BCUT2D eigenvalue weighted by Crippen LogP contribution is -2.31. The summed E-state index contributed by atoms with van der Waals surface area (Å²) >= 11 is 1.79. The number of rotatable bonds is 5. The molecule has 3 heteroatoms. The van der Waals surface area contributed by atoms with Gasteiger partial charge in [0.1, 0.15) is 0 Å². The molecule has 1 unspecified atom stereocenters. The molecule has 0 radical (unpaired) electrons. The first kappa shape index (κ1) is 14.2. The maximum atomic E-state index is 5.36. The van der Waals surface area contributed by atoms with Crippen LogP contribution in [-0.2, 0) is 6.54 Å². The van der Waals surface area contributed by atoms with Gasteiger partial charge in [-0.25, -0.2) is 0 Å². The SMILES string of the molecule is CCC(C)N(CC)Cc1cc(C#CCN)cs1. The Morgan fingerprint density at radius 3 is 2.82 bits per heavy atom. The fraction of sp³-hybridized carbons (Fsp3) is 0.571. The van der Waals surface area contributed by atoms with Crippen molar-refractivity contribution in [3.8, 4) is 11.8 Å². The van der Waals surface area contributed by atoms with E-state index in [4.69, 9.17) is 5.73 Å². The Hall–Kier alpha value is -0.820. The van der Waals surface area contributed by atoms with Gasteiger partial charge in [-0.2, -0.15) is 0 Å². The minimum atomic E-state index is 0.430. The molecule has 1 atom stereocenters. The maximum absolute atomic E-state index is 5.36. The van der Waals surface area contributed by atoms with Crippen molar-refractivity contribution in [2.75, 3.05) is 13.1 Å². The minimum absolute atomic E-state index is 0.430. The first-order valence-electron chi connectivity index (χ1n) is 6.21. The van der Waals surface area contributed by atoms with Crippen LogP contribution in [0.5, 0.6) is 0 Å². The van der Waals surface area contributed by atoms with E-state index in [1.165, 1.54) is 11.3 Å². The summed E-state index contributed by atoms with van der Waals surface area (Å²) in [7, 11) is 0. The van der Waals surface area contributed by atoms with Crippen LogP contribution < -0.4 is 5.73 Å². The Balaban J connectivity index is 2.64. The molecule has 0 aliphatic rings. The highest BCUT2D eigenvalue weighted by atomic mass is 32.1. The molecule has 0 saturated heterocycles. The Morgan fingerprint density at radius 1 is 1.47 bits per heavy atom. The first-order chi connectivity index (χ1) is 8.21. The lowest BCUT2D eigenvalue weighted by molar-refractivity contribution is 0.208. The third-order valence-corrected chi connectivity index (χ3v) is 3.89. The average molecular weight is 250 g/mol. The fourth-order valence-corrected chi connectivity index (χ4v) is 2.56. The zero-order valence-electron chi connectivity index (χ0n) is 11.0. The van der Waals surface area contributed by atoms with Crippen molar-refractivity contribution in [3.63, 3.8) is 0 Å². The second kappa shape index (κ2) is 7.50. The number of nitrogens with two attached hydrogens (primary N) is 1. The van der Waals surface area contributed by atoms with E-state index < -0.39 is 0 Å². The van der Waals surface area contributed by atoms with Crippen molar-refractivity contribution in [2.24, 2.45) is 5.73 Å². The summed E-state index contributed by atoms with van der Waals surface area (Å²) in [5.74, 6) is 5.97. The summed E-state index contributed by atoms with van der Waals surface area (Å²) in [5, 5.41) is 2.11. The van der Waals surface area contributed by atoms with Crippen LogP contribution in [0.15, 0.2) is 11.4 Å². The number of hydrogen-bond acceptors (Lipinski definition) is 3. The summed E-state index contributed by atoms with van der Waals surface area (Å²) in [6.07, 6.45) is 1.19. The van der Waals surface area contributed by atoms with Gasteiger partial charge < -0.3 is 5.73 Å². The molecular formula is C14H22N2S. The van der Waals surface area contributed by atoms with Crippen LogP contribution in [0.2, 0.25) is 0 Å². The highest BCUT2D eigenvalue weighted by molar-refractivity contribution is 7.10. The molecule has 0 aromatic carbocycles. The topological polar surface area (TPSA) is 29.3 Å². The molecule has 0 saturated carbocycles. The van der Waals surface area contributed by atoms with Gasteiger partial charge in [-0.1, -0.05) is 25.7 Å². The van der Waals surface area contributed by atoms with E-state index in [-0.39, 0.29) is 0 Å². The largest absolute Gasteiger partial charge is 0.320 e. The number of thiophene rings is 1. The fourth-order valence-electron chi connectivity index (χ4n) is 1.72. The summed E-state index contributed by atoms with van der Waals surface area (Å²) in [4.78, 5) is 3.87. The van der Waals surface area contributed by atoms with Crippen molar-refractivity contribution in [3.05, 3.63) is 21.9 Å². The van der Waals surface area contributed by atoms with Crippen LogP contribution in [-0.4, -0.2) is 24.0 Å². The van der Waals surface area contributed by atoms with Gasteiger partial charge in [0.25, 0.3) is 0 Å². The monoisotopic (exact) mass is 250 g/mol. The Kier molecular flexibility index (Phi) is 6.28. The van der Waals surface area contributed by atoms with Crippen molar-refractivity contribution < 1.29 is 0 Å². The van der Waals surface area contributed by atoms with Gasteiger partial charge in [-0.15, -0.1) is 11.3 Å². The van der Waals surface area contributed by atoms with Gasteiger partial charge in [0.05, 0.1) is 6.54 Å². The van der Waals surface area contributed by atoms with Crippen LogP contribution >= 0.6 is 11.3 Å². The van der Waals surface area contributed by atoms with E-state index in [1.807, 2.05) is 0 Å². The average Bonchev–Trinajstić information content (AvgIpc) is 2.80. The van der Waals surface area contributed by atoms with Crippen molar-refractivity contribution in [2.45, 2.75) is 39.8 Å². The Morgan fingerprint density at radius 2 is 2.24 bits per heavy atom. The molecule has 1 rings (SSSR count). The molecule has 94 valence electrons. The zero-order valence-corrected chi connectivity index (χ0v) is 11.8. The molecule has 0 spiro atoms. The predicted octanol–water partition coefficient (Wildman–Crippen LogP) is 2.68. The maximum Gasteiger partial charge on any atom is 0.0555 e. The molecule has 17 heavy (non-hydrogen) atoms. The lowest BCUT2D eigenvalue weighted by Gasteiger charge is -2.26. The number of hydrogen-bond donors (Lipinski definition) is 1. The summed E-state index contributed by atoms with van der Waals surface area (Å²) in [6, 6.07) is 2.82.